The zero-order chi connectivity index (χ0) is 13.9. The van der Waals surface area contributed by atoms with E-state index < -0.39 is 10.2 Å². The first kappa shape index (κ1) is 14.7. The average Bonchev–Trinajstić information content (AvgIpc) is 2.40. The Balaban J connectivity index is 2.11. The SMILES string of the molecule is CCNS(=O)(=O)N1CCOC(c2ccc(Cl)cc2)C1. The third kappa shape index (κ3) is 3.67. The minimum Gasteiger partial charge on any atom is -0.371 e. The second-order valence-electron chi connectivity index (χ2n) is 4.27. The predicted octanol–water partition coefficient (Wildman–Crippen LogP) is 1.57. The van der Waals surface area contributed by atoms with Crippen LogP contribution in [0.5, 0.6) is 0 Å². The minimum atomic E-state index is -3.41. The molecule has 0 bridgehead atoms. The lowest BCUT2D eigenvalue weighted by Gasteiger charge is -2.32. The van der Waals surface area contributed by atoms with Crippen molar-refractivity contribution in [1.29, 1.82) is 0 Å². The minimum absolute atomic E-state index is 0.251. The second-order valence-corrected chi connectivity index (χ2v) is 6.46. The van der Waals surface area contributed by atoms with Crippen LogP contribution in [0.2, 0.25) is 5.02 Å². The summed E-state index contributed by atoms with van der Waals surface area (Å²) in [6, 6.07) is 7.27. The van der Waals surface area contributed by atoms with E-state index in [0.717, 1.165) is 5.56 Å². The molecule has 2 rings (SSSR count). The summed E-state index contributed by atoms with van der Waals surface area (Å²) in [6.07, 6.45) is -0.251. The van der Waals surface area contributed by atoms with Crippen LogP contribution >= 0.6 is 11.6 Å². The fourth-order valence-electron chi connectivity index (χ4n) is 2.00. The number of nitrogens with zero attached hydrogens (tertiary/aromatic N) is 1. The van der Waals surface area contributed by atoms with Crippen molar-refractivity contribution in [2.45, 2.75) is 13.0 Å². The first-order valence-corrected chi connectivity index (χ1v) is 7.96. The molecular weight excluding hydrogens is 288 g/mol. The summed E-state index contributed by atoms with van der Waals surface area (Å²) in [5.41, 5.74) is 0.931. The zero-order valence-corrected chi connectivity index (χ0v) is 12.2. The van der Waals surface area contributed by atoms with Crippen LogP contribution in [0, 0.1) is 0 Å². The normalized spacial score (nSPS) is 21.5. The summed E-state index contributed by atoms with van der Waals surface area (Å²) >= 11 is 5.84. The van der Waals surface area contributed by atoms with E-state index in [-0.39, 0.29) is 6.10 Å². The molecule has 1 aliphatic heterocycles. The maximum Gasteiger partial charge on any atom is 0.279 e. The number of hydrogen-bond donors (Lipinski definition) is 1. The molecule has 1 aromatic rings. The molecule has 106 valence electrons. The van der Waals surface area contributed by atoms with Gasteiger partial charge in [-0.25, -0.2) is 4.72 Å². The smallest absolute Gasteiger partial charge is 0.279 e. The molecule has 1 atom stereocenters. The molecule has 0 radical (unpaired) electrons. The van der Waals surface area contributed by atoms with Crippen molar-refractivity contribution in [2.75, 3.05) is 26.2 Å². The van der Waals surface area contributed by atoms with Gasteiger partial charge in [0, 0.05) is 24.7 Å². The van der Waals surface area contributed by atoms with Gasteiger partial charge in [-0.2, -0.15) is 12.7 Å². The summed E-state index contributed by atoms with van der Waals surface area (Å²) < 4.78 is 33.5. The topological polar surface area (TPSA) is 58.6 Å². The largest absolute Gasteiger partial charge is 0.371 e. The Labute approximate surface area is 118 Å². The van der Waals surface area contributed by atoms with Crippen molar-refractivity contribution in [3.05, 3.63) is 34.9 Å². The lowest BCUT2D eigenvalue weighted by molar-refractivity contribution is -0.00289. The van der Waals surface area contributed by atoms with Crippen molar-refractivity contribution >= 4 is 21.8 Å². The van der Waals surface area contributed by atoms with Gasteiger partial charge in [0.05, 0.1) is 12.7 Å². The third-order valence-corrected chi connectivity index (χ3v) is 4.85. The van der Waals surface area contributed by atoms with E-state index in [0.29, 0.717) is 31.3 Å². The molecule has 5 nitrogen and oxygen atoms in total. The van der Waals surface area contributed by atoms with E-state index >= 15 is 0 Å². The summed E-state index contributed by atoms with van der Waals surface area (Å²) in [5.74, 6) is 0. The van der Waals surface area contributed by atoms with Gasteiger partial charge in [-0.1, -0.05) is 30.7 Å². The van der Waals surface area contributed by atoms with Crippen molar-refractivity contribution in [3.8, 4) is 0 Å². The summed E-state index contributed by atoms with van der Waals surface area (Å²) in [4.78, 5) is 0. The molecule has 1 N–H and O–H groups in total. The number of morpholine rings is 1. The third-order valence-electron chi connectivity index (χ3n) is 2.94. The predicted molar refractivity (Wildman–Crippen MR) is 74.3 cm³/mol. The van der Waals surface area contributed by atoms with Crippen LogP contribution in [0.1, 0.15) is 18.6 Å². The monoisotopic (exact) mass is 304 g/mol. The van der Waals surface area contributed by atoms with Crippen LogP contribution in [-0.4, -0.2) is 39.0 Å². The molecule has 7 heteroatoms. The molecule has 1 heterocycles. The fourth-order valence-corrected chi connectivity index (χ4v) is 3.32. The molecule has 19 heavy (non-hydrogen) atoms. The maximum atomic E-state index is 12.0. The molecule has 0 amide bonds. The van der Waals surface area contributed by atoms with Gasteiger partial charge >= 0.3 is 0 Å². The number of rotatable bonds is 4. The highest BCUT2D eigenvalue weighted by Crippen LogP contribution is 2.24. The first-order chi connectivity index (χ1) is 9.03. The highest BCUT2D eigenvalue weighted by atomic mass is 35.5. The maximum absolute atomic E-state index is 12.0. The lowest BCUT2D eigenvalue weighted by Crippen LogP contribution is -2.47. The molecular formula is C12H17ClN2O3S. The van der Waals surface area contributed by atoms with Gasteiger partial charge in [-0.15, -0.1) is 0 Å². The molecule has 0 aromatic heterocycles. The Kier molecular flexibility index (Phi) is 4.81. The number of nitrogens with one attached hydrogen (secondary N) is 1. The standard InChI is InChI=1S/C12H17ClN2O3S/c1-2-14-19(16,17)15-7-8-18-12(9-15)10-3-5-11(13)6-4-10/h3-6,12,14H,2,7-9H2,1H3. The fraction of sp³-hybridized carbons (Fsp3) is 0.500. The quantitative estimate of drug-likeness (QED) is 0.918. The van der Waals surface area contributed by atoms with E-state index in [1.54, 1.807) is 19.1 Å². The van der Waals surface area contributed by atoms with E-state index in [1.807, 2.05) is 12.1 Å². The first-order valence-electron chi connectivity index (χ1n) is 6.14. The molecule has 1 fully saturated rings. The Bertz CT molecular complexity index is 518. The molecule has 1 aromatic carbocycles. The Morgan fingerprint density at radius 1 is 1.42 bits per heavy atom. The van der Waals surface area contributed by atoms with E-state index in [2.05, 4.69) is 4.72 Å². The van der Waals surface area contributed by atoms with Crippen molar-refractivity contribution in [2.24, 2.45) is 0 Å². The van der Waals surface area contributed by atoms with Crippen LogP contribution in [0.4, 0.5) is 0 Å². The van der Waals surface area contributed by atoms with Crippen LogP contribution in [0.25, 0.3) is 0 Å². The van der Waals surface area contributed by atoms with E-state index in [4.69, 9.17) is 16.3 Å². The Morgan fingerprint density at radius 2 is 2.11 bits per heavy atom. The highest BCUT2D eigenvalue weighted by Gasteiger charge is 2.29. The lowest BCUT2D eigenvalue weighted by atomic mass is 10.1. The van der Waals surface area contributed by atoms with Gasteiger partial charge < -0.3 is 4.74 Å². The zero-order valence-electron chi connectivity index (χ0n) is 10.7. The second kappa shape index (κ2) is 6.19. The molecule has 0 saturated carbocycles. The van der Waals surface area contributed by atoms with Crippen molar-refractivity contribution < 1.29 is 13.2 Å². The molecule has 0 aliphatic carbocycles. The van der Waals surface area contributed by atoms with Crippen molar-refractivity contribution in [1.82, 2.24) is 9.03 Å². The van der Waals surface area contributed by atoms with Gasteiger partial charge in [0.25, 0.3) is 10.2 Å². The van der Waals surface area contributed by atoms with Crippen LogP contribution in [0.3, 0.4) is 0 Å². The molecule has 1 unspecified atom stereocenters. The highest BCUT2D eigenvalue weighted by molar-refractivity contribution is 7.87. The number of benzene rings is 1. The van der Waals surface area contributed by atoms with E-state index in [1.165, 1.54) is 4.31 Å². The van der Waals surface area contributed by atoms with Crippen LogP contribution < -0.4 is 4.72 Å². The average molecular weight is 305 g/mol. The van der Waals surface area contributed by atoms with Gasteiger partial charge in [0.1, 0.15) is 0 Å². The number of ether oxygens (including phenoxy) is 1. The van der Waals surface area contributed by atoms with Crippen LogP contribution in [0.15, 0.2) is 24.3 Å². The molecule has 1 saturated heterocycles. The summed E-state index contributed by atoms with van der Waals surface area (Å²) in [7, 11) is -3.41. The van der Waals surface area contributed by atoms with Gasteiger partial charge in [0.15, 0.2) is 0 Å². The molecule has 1 aliphatic rings. The van der Waals surface area contributed by atoms with Crippen LogP contribution in [-0.2, 0) is 14.9 Å². The van der Waals surface area contributed by atoms with Gasteiger partial charge in [-0.3, -0.25) is 0 Å². The molecule has 0 spiro atoms. The van der Waals surface area contributed by atoms with Crippen molar-refractivity contribution in [3.63, 3.8) is 0 Å². The Hall–Kier alpha value is -0.660. The number of halogens is 1. The summed E-state index contributed by atoms with van der Waals surface area (Å²) in [5, 5.41) is 0.650. The number of hydrogen-bond acceptors (Lipinski definition) is 3. The van der Waals surface area contributed by atoms with Gasteiger partial charge in [0.2, 0.25) is 0 Å². The van der Waals surface area contributed by atoms with E-state index in [9.17, 15) is 8.42 Å². The van der Waals surface area contributed by atoms with Gasteiger partial charge in [-0.05, 0) is 17.7 Å². The Morgan fingerprint density at radius 3 is 2.74 bits per heavy atom. The summed E-state index contributed by atoms with van der Waals surface area (Å²) in [6.45, 7) is 3.22.